The molecule has 0 bridgehead atoms. The monoisotopic (exact) mass is 308 g/mol. The van der Waals surface area contributed by atoms with Gasteiger partial charge in [-0.05, 0) is 50.8 Å². The van der Waals surface area contributed by atoms with Crippen LogP contribution in [0.2, 0.25) is 5.28 Å². The highest BCUT2D eigenvalue weighted by Gasteiger charge is 2.07. The fraction of sp³-hybridized carbons (Fsp3) is 0. The van der Waals surface area contributed by atoms with Crippen LogP contribution in [0, 0.1) is 0 Å². The van der Waals surface area contributed by atoms with Gasteiger partial charge < -0.3 is 0 Å². The summed E-state index contributed by atoms with van der Waals surface area (Å²) in [5.74, 6) is 0. The van der Waals surface area contributed by atoms with Gasteiger partial charge in [-0.1, -0.05) is 0 Å². The Hall–Kier alpha value is -0.240. The molecule has 0 saturated carbocycles. The molecule has 2 heterocycles. The van der Waals surface area contributed by atoms with Gasteiger partial charge in [0.2, 0.25) is 5.28 Å². The van der Waals surface area contributed by atoms with Crippen LogP contribution in [-0.2, 0) is 0 Å². The van der Waals surface area contributed by atoms with Crippen molar-refractivity contribution in [2.45, 2.75) is 9.37 Å². The third-order valence-electron chi connectivity index (χ3n) is 1.21. The van der Waals surface area contributed by atoms with E-state index in [9.17, 15) is 0 Å². The predicted octanol–water partition coefficient (Wildman–Crippen LogP) is 2.90. The highest BCUT2D eigenvalue weighted by molar-refractivity contribution is 9.10. The minimum atomic E-state index is 0.222. The van der Waals surface area contributed by atoms with Gasteiger partial charge >= 0.3 is 0 Å². The molecule has 14 heavy (non-hydrogen) atoms. The Morgan fingerprint density at radius 3 is 3.00 bits per heavy atom. The van der Waals surface area contributed by atoms with E-state index in [-0.39, 0.29) is 5.28 Å². The smallest absolute Gasteiger partial charge is 0.223 e. The van der Waals surface area contributed by atoms with Gasteiger partial charge in [-0.2, -0.15) is 4.37 Å². The maximum absolute atomic E-state index is 5.67. The summed E-state index contributed by atoms with van der Waals surface area (Å²) >= 11 is 11.7. The van der Waals surface area contributed by atoms with Crippen LogP contribution in [0.5, 0.6) is 0 Å². The van der Waals surface area contributed by atoms with Crippen LogP contribution in [0.4, 0.5) is 0 Å². The lowest BCUT2D eigenvalue weighted by atomic mass is 10.7. The van der Waals surface area contributed by atoms with Crippen LogP contribution >= 0.6 is 50.8 Å². The van der Waals surface area contributed by atoms with Gasteiger partial charge in [0, 0.05) is 6.20 Å². The highest BCUT2D eigenvalue weighted by Crippen LogP contribution is 2.32. The first-order chi connectivity index (χ1) is 6.75. The summed E-state index contributed by atoms with van der Waals surface area (Å²) in [4.78, 5) is 11.9. The lowest BCUT2D eigenvalue weighted by Crippen LogP contribution is -1.86. The maximum atomic E-state index is 5.67. The standard InChI is InChI=1S/C6H2BrClN4S2/c7-3-1-9-5(8)12-4(3)13-6-10-2-11-14-6/h1-2H. The van der Waals surface area contributed by atoms with Crippen LogP contribution in [0.15, 0.2) is 26.4 Å². The van der Waals surface area contributed by atoms with Crippen molar-refractivity contribution in [3.63, 3.8) is 0 Å². The van der Waals surface area contributed by atoms with Crippen molar-refractivity contribution in [3.05, 3.63) is 22.3 Å². The molecule has 8 heteroatoms. The van der Waals surface area contributed by atoms with E-state index in [0.717, 1.165) is 13.8 Å². The molecule has 0 fully saturated rings. The SMILES string of the molecule is Clc1ncc(Br)c(Sc2ncns2)n1. The Kier molecular flexibility index (Phi) is 3.32. The zero-order chi connectivity index (χ0) is 9.97. The first-order valence-corrected chi connectivity index (χ1v) is 6.14. The molecule has 0 amide bonds. The van der Waals surface area contributed by atoms with E-state index in [1.165, 1.54) is 29.6 Å². The van der Waals surface area contributed by atoms with E-state index in [0.29, 0.717) is 0 Å². The highest BCUT2D eigenvalue weighted by atomic mass is 79.9. The predicted molar refractivity (Wildman–Crippen MR) is 58.8 cm³/mol. The Bertz CT molecular complexity index is 435. The van der Waals surface area contributed by atoms with E-state index < -0.39 is 0 Å². The molecule has 0 atom stereocenters. The lowest BCUT2D eigenvalue weighted by molar-refractivity contribution is 1.02. The minimum Gasteiger partial charge on any atom is -0.225 e. The van der Waals surface area contributed by atoms with Gasteiger partial charge in [-0.3, -0.25) is 0 Å². The molecule has 0 aliphatic carbocycles. The molecule has 0 aromatic carbocycles. The zero-order valence-electron chi connectivity index (χ0n) is 6.52. The van der Waals surface area contributed by atoms with Crippen molar-refractivity contribution >= 4 is 50.8 Å². The first-order valence-electron chi connectivity index (χ1n) is 3.38. The Morgan fingerprint density at radius 1 is 1.43 bits per heavy atom. The van der Waals surface area contributed by atoms with Crippen molar-refractivity contribution in [2.75, 3.05) is 0 Å². The topological polar surface area (TPSA) is 51.6 Å². The van der Waals surface area contributed by atoms with Crippen molar-refractivity contribution in [1.82, 2.24) is 19.3 Å². The molecule has 0 radical (unpaired) electrons. The van der Waals surface area contributed by atoms with Gasteiger partial charge in [-0.15, -0.1) is 0 Å². The van der Waals surface area contributed by atoms with Crippen molar-refractivity contribution in [2.24, 2.45) is 0 Å². The molecule has 0 N–H and O–H groups in total. The number of halogens is 2. The molecule has 2 aromatic heterocycles. The van der Waals surface area contributed by atoms with Gasteiger partial charge in [0.25, 0.3) is 0 Å². The summed E-state index contributed by atoms with van der Waals surface area (Å²) in [6.45, 7) is 0. The van der Waals surface area contributed by atoms with Gasteiger partial charge in [0.15, 0.2) is 4.34 Å². The van der Waals surface area contributed by atoms with Crippen LogP contribution < -0.4 is 0 Å². The van der Waals surface area contributed by atoms with Crippen LogP contribution in [0.3, 0.4) is 0 Å². The number of nitrogens with zero attached hydrogens (tertiary/aromatic N) is 4. The van der Waals surface area contributed by atoms with Crippen LogP contribution in [0.1, 0.15) is 0 Å². The summed E-state index contributed by atoms with van der Waals surface area (Å²) in [6.07, 6.45) is 3.11. The van der Waals surface area contributed by atoms with Crippen molar-refractivity contribution in [3.8, 4) is 0 Å². The molecule has 0 aliphatic heterocycles. The van der Waals surface area contributed by atoms with E-state index in [4.69, 9.17) is 11.6 Å². The lowest BCUT2D eigenvalue weighted by Gasteiger charge is -1.98. The molecule has 0 unspecified atom stereocenters. The summed E-state index contributed by atoms with van der Waals surface area (Å²) in [6, 6.07) is 0. The molecule has 2 rings (SSSR count). The van der Waals surface area contributed by atoms with Crippen molar-refractivity contribution in [1.29, 1.82) is 0 Å². The largest absolute Gasteiger partial charge is 0.225 e. The molecule has 0 aliphatic rings. The Labute approximate surface area is 101 Å². The Balaban J connectivity index is 2.28. The molecular formula is C6H2BrClN4S2. The van der Waals surface area contributed by atoms with Crippen molar-refractivity contribution < 1.29 is 0 Å². The van der Waals surface area contributed by atoms with Gasteiger partial charge in [0.05, 0.1) is 4.47 Å². The second-order valence-electron chi connectivity index (χ2n) is 2.10. The first kappa shape index (κ1) is 10.3. The van der Waals surface area contributed by atoms with E-state index >= 15 is 0 Å². The molecule has 2 aromatic rings. The molecule has 4 nitrogen and oxygen atoms in total. The summed E-state index contributed by atoms with van der Waals surface area (Å²) in [5, 5.41) is 0.960. The molecule has 0 saturated heterocycles. The maximum Gasteiger partial charge on any atom is 0.223 e. The third kappa shape index (κ3) is 2.41. The molecule has 72 valence electrons. The van der Waals surface area contributed by atoms with Crippen LogP contribution in [-0.4, -0.2) is 19.3 Å². The fourth-order valence-electron chi connectivity index (χ4n) is 0.693. The molecular weight excluding hydrogens is 308 g/mol. The zero-order valence-corrected chi connectivity index (χ0v) is 10.5. The number of aromatic nitrogens is 4. The van der Waals surface area contributed by atoms with E-state index in [1.807, 2.05) is 0 Å². The average Bonchev–Trinajstić information content (AvgIpc) is 2.64. The number of hydrogen-bond acceptors (Lipinski definition) is 6. The third-order valence-corrected chi connectivity index (χ3v) is 3.95. The van der Waals surface area contributed by atoms with Gasteiger partial charge in [-0.25, -0.2) is 15.0 Å². The number of rotatable bonds is 2. The summed E-state index contributed by atoms with van der Waals surface area (Å²) in [7, 11) is 0. The second kappa shape index (κ2) is 4.52. The minimum absolute atomic E-state index is 0.222. The fourth-order valence-corrected chi connectivity index (χ4v) is 2.65. The summed E-state index contributed by atoms with van der Waals surface area (Å²) < 4.78 is 5.50. The molecule has 0 spiro atoms. The summed E-state index contributed by atoms with van der Waals surface area (Å²) in [5.41, 5.74) is 0. The van der Waals surface area contributed by atoms with Gasteiger partial charge in [0.1, 0.15) is 11.4 Å². The Morgan fingerprint density at radius 2 is 2.29 bits per heavy atom. The van der Waals surface area contributed by atoms with E-state index in [2.05, 4.69) is 35.3 Å². The second-order valence-corrected chi connectivity index (χ2v) is 5.31. The number of hydrogen-bond donors (Lipinski definition) is 0. The van der Waals surface area contributed by atoms with Crippen LogP contribution in [0.25, 0.3) is 0 Å². The quantitative estimate of drug-likeness (QED) is 0.630. The normalized spacial score (nSPS) is 10.4. The average molecular weight is 310 g/mol. The van der Waals surface area contributed by atoms with E-state index in [1.54, 1.807) is 6.20 Å².